The molecule has 0 saturated heterocycles. The third kappa shape index (κ3) is 7.97. The van der Waals surface area contributed by atoms with Crippen LogP contribution in [0.4, 0.5) is 0 Å². The molecule has 3 N–H and O–H groups in total. The van der Waals surface area contributed by atoms with Crippen LogP contribution in [0, 0.1) is 17.3 Å². The fraction of sp³-hybridized carbons (Fsp3) is 0.727. The van der Waals surface area contributed by atoms with Crippen molar-refractivity contribution in [3.63, 3.8) is 0 Å². The van der Waals surface area contributed by atoms with Gasteiger partial charge in [0.1, 0.15) is 5.78 Å². The molecule has 1 aliphatic rings. The zero-order chi connectivity index (χ0) is 20.4. The Kier molecular flexibility index (Phi) is 9.95. The van der Waals surface area contributed by atoms with Gasteiger partial charge in [-0.3, -0.25) is 4.79 Å². The van der Waals surface area contributed by atoms with Gasteiger partial charge in [0.05, 0.1) is 12.2 Å². The highest BCUT2D eigenvalue weighted by molar-refractivity contribution is 5.84. The van der Waals surface area contributed by atoms with E-state index in [0.29, 0.717) is 12.8 Å². The minimum absolute atomic E-state index is 0.0814. The van der Waals surface area contributed by atoms with E-state index in [9.17, 15) is 19.8 Å². The first-order valence-corrected chi connectivity index (χ1v) is 10.2. The van der Waals surface area contributed by atoms with E-state index in [0.717, 1.165) is 38.2 Å². The molecule has 1 rings (SSSR count). The SMILES string of the molecule is CCCCC(C)(C)[C@@H](O)C=C[C@H]1[C@H](O)CC(=O)[C@@H]1CCCCC=CC(=O)O. The summed E-state index contributed by atoms with van der Waals surface area (Å²) in [6.07, 6.45) is 11.3. The number of aliphatic carboxylic acids is 1. The van der Waals surface area contributed by atoms with E-state index < -0.39 is 18.2 Å². The molecule has 5 nitrogen and oxygen atoms in total. The minimum Gasteiger partial charge on any atom is -0.478 e. The topological polar surface area (TPSA) is 94.8 Å². The van der Waals surface area contributed by atoms with Gasteiger partial charge in [-0.25, -0.2) is 4.79 Å². The van der Waals surface area contributed by atoms with Gasteiger partial charge in [-0.05, 0) is 31.1 Å². The van der Waals surface area contributed by atoms with Crippen LogP contribution in [-0.4, -0.2) is 39.3 Å². The van der Waals surface area contributed by atoms with Gasteiger partial charge in [0.25, 0.3) is 0 Å². The highest BCUT2D eigenvalue weighted by Gasteiger charge is 2.39. The molecular formula is C22H36O5. The van der Waals surface area contributed by atoms with E-state index in [1.165, 1.54) is 0 Å². The summed E-state index contributed by atoms with van der Waals surface area (Å²) in [4.78, 5) is 22.7. The Morgan fingerprint density at radius 1 is 1.30 bits per heavy atom. The normalized spacial score (nSPS) is 24.9. The maximum atomic E-state index is 12.2. The van der Waals surface area contributed by atoms with Gasteiger partial charge >= 0.3 is 5.97 Å². The summed E-state index contributed by atoms with van der Waals surface area (Å²) in [6, 6.07) is 0. The Bertz CT molecular complexity index is 535. The van der Waals surface area contributed by atoms with Gasteiger partial charge < -0.3 is 15.3 Å². The molecule has 0 unspecified atom stereocenters. The lowest BCUT2D eigenvalue weighted by Gasteiger charge is -2.29. The lowest BCUT2D eigenvalue weighted by molar-refractivity contribution is -0.131. The number of Topliss-reactive ketones (excluding diaryl/α,β-unsaturated/α-hetero) is 1. The van der Waals surface area contributed by atoms with Crippen molar-refractivity contribution >= 4 is 11.8 Å². The predicted molar refractivity (Wildman–Crippen MR) is 106 cm³/mol. The van der Waals surface area contributed by atoms with Crippen molar-refractivity contribution in [3.8, 4) is 0 Å². The van der Waals surface area contributed by atoms with Crippen LogP contribution in [0.15, 0.2) is 24.3 Å². The monoisotopic (exact) mass is 380 g/mol. The molecular weight excluding hydrogens is 344 g/mol. The molecule has 1 aliphatic carbocycles. The maximum absolute atomic E-state index is 12.2. The number of rotatable bonds is 12. The van der Waals surface area contributed by atoms with Gasteiger partial charge in [0, 0.05) is 24.3 Å². The zero-order valence-electron chi connectivity index (χ0n) is 16.9. The molecule has 0 aromatic rings. The van der Waals surface area contributed by atoms with E-state index in [1.54, 1.807) is 12.2 Å². The number of aliphatic hydroxyl groups excluding tert-OH is 2. The third-order valence-electron chi connectivity index (χ3n) is 5.62. The fourth-order valence-corrected chi connectivity index (χ4v) is 3.68. The number of hydrogen-bond donors (Lipinski definition) is 3. The van der Waals surface area contributed by atoms with Crippen LogP contribution in [0.1, 0.15) is 72.1 Å². The summed E-state index contributed by atoms with van der Waals surface area (Å²) in [5.74, 6) is -1.33. The first-order valence-electron chi connectivity index (χ1n) is 10.2. The molecule has 154 valence electrons. The highest BCUT2D eigenvalue weighted by atomic mass is 16.4. The standard InChI is InChI=1S/C22H36O5/c1-4-5-14-22(2,3)20(25)13-12-17-16(18(23)15-19(17)24)10-8-6-7-9-11-21(26)27/h9,11-13,16-17,19-20,24-25H,4-8,10,14-15H2,1-3H3,(H,26,27)/t16-,17-,19-,20+/m1/s1. The van der Waals surface area contributed by atoms with Gasteiger partial charge in [-0.15, -0.1) is 0 Å². The summed E-state index contributed by atoms with van der Waals surface area (Å²) < 4.78 is 0. The van der Waals surface area contributed by atoms with Gasteiger partial charge in [0.2, 0.25) is 0 Å². The number of carbonyl (C=O) groups is 2. The summed E-state index contributed by atoms with van der Waals surface area (Å²) in [5.41, 5.74) is -0.230. The Labute approximate surface area is 163 Å². The highest BCUT2D eigenvalue weighted by Crippen LogP contribution is 2.35. The summed E-state index contributed by atoms with van der Waals surface area (Å²) >= 11 is 0. The van der Waals surface area contributed by atoms with Crippen molar-refractivity contribution in [2.24, 2.45) is 17.3 Å². The Hall–Kier alpha value is -1.46. The largest absolute Gasteiger partial charge is 0.478 e. The van der Waals surface area contributed by atoms with E-state index in [-0.39, 0.29) is 29.5 Å². The van der Waals surface area contributed by atoms with Crippen molar-refractivity contribution in [1.29, 1.82) is 0 Å². The second-order valence-electron chi connectivity index (χ2n) is 8.37. The van der Waals surface area contributed by atoms with Gasteiger partial charge in [0.15, 0.2) is 0 Å². The first kappa shape index (κ1) is 23.6. The van der Waals surface area contributed by atoms with Crippen LogP contribution in [0.25, 0.3) is 0 Å². The smallest absolute Gasteiger partial charge is 0.327 e. The van der Waals surface area contributed by atoms with Crippen LogP contribution in [-0.2, 0) is 9.59 Å². The predicted octanol–water partition coefficient (Wildman–Crippen LogP) is 3.89. The fourth-order valence-electron chi connectivity index (χ4n) is 3.68. The number of aliphatic hydroxyl groups is 2. The zero-order valence-corrected chi connectivity index (χ0v) is 16.9. The van der Waals surface area contributed by atoms with Crippen molar-refractivity contribution in [2.75, 3.05) is 0 Å². The van der Waals surface area contributed by atoms with Crippen LogP contribution < -0.4 is 0 Å². The minimum atomic E-state index is -0.949. The van der Waals surface area contributed by atoms with Crippen LogP contribution in [0.3, 0.4) is 0 Å². The first-order chi connectivity index (χ1) is 12.7. The summed E-state index contributed by atoms with van der Waals surface area (Å²) in [5, 5.41) is 29.3. The maximum Gasteiger partial charge on any atom is 0.327 e. The van der Waals surface area contributed by atoms with E-state index in [4.69, 9.17) is 5.11 Å². The summed E-state index contributed by atoms with van der Waals surface area (Å²) in [7, 11) is 0. The average molecular weight is 381 g/mol. The van der Waals surface area contributed by atoms with Crippen molar-refractivity contribution < 1.29 is 24.9 Å². The third-order valence-corrected chi connectivity index (χ3v) is 5.62. The molecule has 1 saturated carbocycles. The van der Waals surface area contributed by atoms with E-state index in [1.807, 2.05) is 19.9 Å². The van der Waals surface area contributed by atoms with E-state index >= 15 is 0 Å². The van der Waals surface area contributed by atoms with Gasteiger partial charge in [-0.1, -0.05) is 58.3 Å². The number of unbranched alkanes of at least 4 members (excludes halogenated alkanes) is 3. The Morgan fingerprint density at radius 2 is 2.00 bits per heavy atom. The van der Waals surface area contributed by atoms with Crippen LogP contribution in [0.5, 0.6) is 0 Å². The number of carboxylic acids is 1. The van der Waals surface area contributed by atoms with Crippen LogP contribution in [0.2, 0.25) is 0 Å². The Morgan fingerprint density at radius 3 is 2.63 bits per heavy atom. The number of carboxylic acid groups (broad SMARTS) is 1. The number of allylic oxidation sites excluding steroid dienone is 1. The molecule has 0 aliphatic heterocycles. The lowest BCUT2D eigenvalue weighted by atomic mass is 9.80. The average Bonchev–Trinajstić information content (AvgIpc) is 2.86. The molecule has 0 aromatic carbocycles. The molecule has 4 atom stereocenters. The second kappa shape index (κ2) is 11.4. The number of hydrogen-bond acceptors (Lipinski definition) is 4. The molecule has 0 aromatic heterocycles. The molecule has 0 bridgehead atoms. The number of carbonyl (C=O) groups excluding carboxylic acids is 1. The van der Waals surface area contributed by atoms with Crippen LogP contribution >= 0.6 is 0 Å². The molecule has 0 radical (unpaired) electrons. The molecule has 5 heteroatoms. The quantitative estimate of drug-likeness (QED) is 0.271. The summed E-state index contributed by atoms with van der Waals surface area (Å²) in [6.45, 7) is 6.20. The van der Waals surface area contributed by atoms with Crippen molar-refractivity contribution in [3.05, 3.63) is 24.3 Å². The van der Waals surface area contributed by atoms with Crippen molar-refractivity contribution in [2.45, 2.75) is 84.3 Å². The number of ketones is 1. The van der Waals surface area contributed by atoms with Gasteiger partial charge in [-0.2, -0.15) is 0 Å². The molecule has 0 amide bonds. The van der Waals surface area contributed by atoms with Crippen molar-refractivity contribution in [1.82, 2.24) is 0 Å². The van der Waals surface area contributed by atoms with E-state index in [2.05, 4.69) is 6.92 Å². The second-order valence-corrected chi connectivity index (χ2v) is 8.37. The molecule has 1 fully saturated rings. The lowest BCUT2D eigenvalue weighted by Crippen LogP contribution is -2.28. The molecule has 0 heterocycles. The Balaban J connectivity index is 2.60. The molecule has 0 spiro atoms. The molecule has 27 heavy (non-hydrogen) atoms.